The molecule has 1 aromatic carbocycles. The fourth-order valence-electron chi connectivity index (χ4n) is 1.68. The Morgan fingerprint density at radius 3 is 2.47 bits per heavy atom. The average Bonchev–Trinajstić information content (AvgIpc) is 2.17. The van der Waals surface area contributed by atoms with Crippen molar-refractivity contribution in [2.24, 2.45) is 5.92 Å². The van der Waals surface area contributed by atoms with Gasteiger partial charge in [0.25, 0.3) is 0 Å². The van der Waals surface area contributed by atoms with Crippen LogP contribution in [0.15, 0.2) is 24.3 Å². The number of hydrogen-bond acceptors (Lipinski definition) is 1. The Morgan fingerprint density at radius 1 is 1.13 bits per heavy atom. The van der Waals surface area contributed by atoms with Crippen LogP contribution in [0.2, 0.25) is 0 Å². The minimum atomic E-state index is 0.601. The van der Waals surface area contributed by atoms with E-state index >= 15 is 0 Å². The lowest BCUT2D eigenvalue weighted by atomic mass is 9.99. The van der Waals surface area contributed by atoms with E-state index in [4.69, 9.17) is 0 Å². The van der Waals surface area contributed by atoms with Crippen molar-refractivity contribution < 1.29 is 0 Å². The van der Waals surface area contributed by atoms with Crippen LogP contribution in [0.3, 0.4) is 0 Å². The van der Waals surface area contributed by atoms with E-state index in [1.807, 2.05) is 0 Å². The first kappa shape index (κ1) is 12.3. The number of nitrogens with one attached hydrogen (secondary N) is 1. The molecule has 1 N–H and O–H groups in total. The molecule has 0 saturated heterocycles. The zero-order valence-corrected chi connectivity index (χ0v) is 10.4. The van der Waals surface area contributed by atoms with Gasteiger partial charge >= 0.3 is 0 Å². The van der Waals surface area contributed by atoms with Crippen LogP contribution in [0, 0.1) is 12.8 Å². The van der Waals surface area contributed by atoms with E-state index in [-0.39, 0.29) is 0 Å². The van der Waals surface area contributed by atoms with Gasteiger partial charge < -0.3 is 5.32 Å². The first-order chi connectivity index (χ1) is 7.09. The first-order valence-corrected chi connectivity index (χ1v) is 5.87. The van der Waals surface area contributed by atoms with Crippen molar-refractivity contribution in [2.45, 2.75) is 33.6 Å². The zero-order chi connectivity index (χ0) is 11.3. The van der Waals surface area contributed by atoms with Crippen molar-refractivity contribution in [3.05, 3.63) is 35.4 Å². The summed E-state index contributed by atoms with van der Waals surface area (Å²) in [6.45, 7) is 11.1. The average molecular weight is 205 g/mol. The summed E-state index contributed by atoms with van der Waals surface area (Å²) in [5.74, 6) is 1.33. The van der Waals surface area contributed by atoms with Gasteiger partial charge in [-0.1, -0.05) is 50.6 Å². The van der Waals surface area contributed by atoms with E-state index < -0.39 is 0 Å². The van der Waals surface area contributed by atoms with E-state index in [0.717, 1.165) is 19.0 Å². The highest BCUT2D eigenvalue weighted by Gasteiger charge is 2.04. The van der Waals surface area contributed by atoms with Crippen molar-refractivity contribution in [1.82, 2.24) is 5.32 Å². The van der Waals surface area contributed by atoms with Crippen molar-refractivity contribution in [3.8, 4) is 0 Å². The third-order valence-corrected chi connectivity index (χ3v) is 2.61. The molecule has 0 bridgehead atoms. The normalized spacial score (nSPS) is 13.1. The highest BCUT2D eigenvalue weighted by molar-refractivity contribution is 5.25. The van der Waals surface area contributed by atoms with Crippen LogP contribution < -0.4 is 5.32 Å². The maximum atomic E-state index is 3.50. The Bertz CT molecular complexity index is 291. The Hall–Kier alpha value is -0.820. The summed E-state index contributed by atoms with van der Waals surface area (Å²) in [5, 5.41) is 3.50. The summed E-state index contributed by atoms with van der Waals surface area (Å²) >= 11 is 0. The third-order valence-electron chi connectivity index (χ3n) is 2.61. The Kier molecular flexibility index (Phi) is 4.83. The van der Waals surface area contributed by atoms with Crippen LogP contribution in [0.1, 0.15) is 37.8 Å². The standard InChI is InChI=1S/C14H23N/c1-11(2)9-15-10-13(4)14-7-5-6-12(3)8-14/h5-8,11,13,15H,9-10H2,1-4H3. The molecule has 1 atom stereocenters. The highest BCUT2D eigenvalue weighted by atomic mass is 14.9. The van der Waals surface area contributed by atoms with E-state index in [1.165, 1.54) is 11.1 Å². The van der Waals surface area contributed by atoms with E-state index in [2.05, 4.69) is 57.3 Å². The lowest BCUT2D eigenvalue weighted by Crippen LogP contribution is -2.24. The van der Waals surface area contributed by atoms with Crippen molar-refractivity contribution in [1.29, 1.82) is 0 Å². The minimum absolute atomic E-state index is 0.601. The molecule has 0 heterocycles. The molecule has 0 aromatic heterocycles. The molecule has 0 aliphatic heterocycles. The van der Waals surface area contributed by atoms with E-state index in [0.29, 0.717) is 5.92 Å². The highest BCUT2D eigenvalue weighted by Crippen LogP contribution is 2.15. The Labute approximate surface area is 93.9 Å². The molecule has 0 aliphatic rings. The quantitative estimate of drug-likeness (QED) is 0.777. The molecule has 0 aliphatic carbocycles. The topological polar surface area (TPSA) is 12.0 Å². The monoisotopic (exact) mass is 205 g/mol. The van der Waals surface area contributed by atoms with Gasteiger partial charge in [-0.2, -0.15) is 0 Å². The fourth-order valence-corrected chi connectivity index (χ4v) is 1.68. The zero-order valence-electron chi connectivity index (χ0n) is 10.4. The van der Waals surface area contributed by atoms with Gasteiger partial charge in [0.15, 0.2) is 0 Å². The first-order valence-electron chi connectivity index (χ1n) is 5.87. The molecule has 0 amide bonds. The molecule has 0 fully saturated rings. The van der Waals surface area contributed by atoms with Gasteiger partial charge in [-0.25, -0.2) is 0 Å². The molecular formula is C14H23N. The smallest absolute Gasteiger partial charge is 0.00176 e. The summed E-state index contributed by atoms with van der Waals surface area (Å²) in [6, 6.07) is 8.79. The summed E-state index contributed by atoms with van der Waals surface area (Å²) in [6.07, 6.45) is 0. The van der Waals surface area contributed by atoms with Crippen LogP contribution in [-0.4, -0.2) is 13.1 Å². The predicted molar refractivity (Wildman–Crippen MR) is 67.3 cm³/mol. The second kappa shape index (κ2) is 5.92. The molecule has 1 nitrogen and oxygen atoms in total. The SMILES string of the molecule is Cc1cccc(C(C)CNCC(C)C)c1. The Balaban J connectivity index is 2.43. The van der Waals surface area contributed by atoms with Gasteiger partial charge in [0.05, 0.1) is 0 Å². The third kappa shape index (κ3) is 4.48. The minimum Gasteiger partial charge on any atom is -0.316 e. The molecule has 84 valence electrons. The molecule has 1 rings (SSSR count). The molecule has 1 aromatic rings. The maximum Gasteiger partial charge on any atom is 0.00176 e. The Morgan fingerprint density at radius 2 is 1.87 bits per heavy atom. The molecule has 1 unspecified atom stereocenters. The number of aryl methyl sites for hydroxylation is 1. The van der Waals surface area contributed by atoms with Crippen LogP contribution in [0.4, 0.5) is 0 Å². The van der Waals surface area contributed by atoms with Crippen LogP contribution in [0.5, 0.6) is 0 Å². The molecule has 0 radical (unpaired) electrons. The molecular weight excluding hydrogens is 182 g/mol. The number of rotatable bonds is 5. The van der Waals surface area contributed by atoms with Gasteiger partial charge in [0, 0.05) is 6.54 Å². The lowest BCUT2D eigenvalue weighted by molar-refractivity contribution is 0.528. The summed E-state index contributed by atoms with van der Waals surface area (Å²) < 4.78 is 0. The molecule has 0 saturated carbocycles. The van der Waals surface area contributed by atoms with Crippen LogP contribution >= 0.6 is 0 Å². The van der Waals surface area contributed by atoms with Crippen molar-refractivity contribution >= 4 is 0 Å². The molecule has 15 heavy (non-hydrogen) atoms. The van der Waals surface area contributed by atoms with Gasteiger partial charge in [-0.3, -0.25) is 0 Å². The lowest BCUT2D eigenvalue weighted by Gasteiger charge is -2.14. The summed E-state index contributed by atoms with van der Waals surface area (Å²) in [4.78, 5) is 0. The van der Waals surface area contributed by atoms with Gasteiger partial charge in [-0.05, 0) is 30.9 Å². The molecule has 1 heteroatoms. The second-order valence-electron chi connectivity index (χ2n) is 4.87. The van der Waals surface area contributed by atoms with Gasteiger partial charge in [0.2, 0.25) is 0 Å². The van der Waals surface area contributed by atoms with Crippen LogP contribution in [0.25, 0.3) is 0 Å². The van der Waals surface area contributed by atoms with Crippen molar-refractivity contribution in [2.75, 3.05) is 13.1 Å². The number of benzene rings is 1. The van der Waals surface area contributed by atoms with Gasteiger partial charge in [-0.15, -0.1) is 0 Å². The second-order valence-corrected chi connectivity index (χ2v) is 4.87. The van der Waals surface area contributed by atoms with Crippen molar-refractivity contribution in [3.63, 3.8) is 0 Å². The molecule has 0 spiro atoms. The largest absolute Gasteiger partial charge is 0.316 e. The fraction of sp³-hybridized carbons (Fsp3) is 0.571. The van der Waals surface area contributed by atoms with E-state index in [9.17, 15) is 0 Å². The summed E-state index contributed by atoms with van der Waals surface area (Å²) in [7, 11) is 0. The number of hydrogen-bond donors (Lipinski definition) is 1. The summed E-state index contributed by atoms with van der Waals surface area (Å²) in [5.41, 5.74) is 2.79. The maximum absolute atomic E-state index is 3.50. The van der Waals surface area contributed by atoms with Crippen LogP contribution in [-0.2, 0) is 0 Å². The predicted octanol–water partition coefficient (Wildman–Crippen LogP) is 3.34. The van der Waals surface area contributed by atoms with E-state index in [1.54, 1.807) is 0 Å². The van der Waals surface area contributed by atoms with Gasteiger partial charge in [0.1, 0.15) is 0 Å².